The summed E-state index contributed by atoms with van der Waals surface area (Å²) in [7, 11) is 0. The van der Waals surface area contributed by atoms with Gasteiger partial charge in [0.25, 0.3) is 0 Å². The zero-order chi connectivity index (χ0) is 14.0. The van der Waals surface area contributed by atoms with Crippen LogP contribution in [0, 0.1) is 0 Å². The number of nitrogens with one attached hydrogen (secondary N) is 1. The molecule has 0 bridgehead atoms. The van der Waals surface area contributed by atoms with Crippen LogP contribution in [0.25, 0.3) is 0 Å². The van der Waals surface area contributed by atoms with Crippen molar-refractivity contribution in [1.82, 2.24) is 4.98 Å². The second-order valence-corrected chi connectivity index (χ2v) is 5.03. The summed E-state index contributed by atoms with van der Waals surface area (Å²) in [4.78, 5) is 3.96. The Bertz CT molecular complexity index is 585. The molecular formula is C12H7BrClF3N2. The monoisotopic (exact) mass is 350 g/mol. The minimum atomic E-state index is -4.48. The van der Waals surface area contributed by atoms with E-state index in [0.29, 0.717) is 5.82 Å². The topological polar surface area (TPSA) is 24.9 Å². The van der Waals surface area contributed by atoms with Crippen molar-refractivity contribution in [3.8, 4) is 0 Å². The van der Waals surface area contributed by atoms with Crippen LogP contribution in [0.5, 0.6) is 0 Å². The van der Waals surface area contributed by atoms with E-state index >= 15 is 0 Å². The highest BCUT2D eigenvalue weighted by atomic mass is 79.9. The average Bonchev–Trinajstić information content (AvgIpc) is 2.33. The molecular weight excluding hydrogens is 344 g/mol. The van der Waals surface area contributed by atoms with Gasteiger partial charge in [0, 0.05) is 15.7 Å². The third-order valence-electron chi connectivity index (χ3n) is 2.28. The number of hydrogen-bond acceptors (Lipinski definition) is 2. The molecule has 1 heterocycles. The van der Waals surface area contributed by atoms with Crippen molar-refractivity contribution in [1.29, 1.82) is 0 Å². The van der Waals surface area contributed by atoms with E-state index in [0.717, 1.165) is 10.5 Å². The first-order valence-corrected chi connectivity index (χ1v) is 6.29. The number of nitrogens with zero attached hydrogens (tertiary/aromatic N) is 1. The van der Waals surface area contributed by atoms with Crippen LogP contribution in [-0.2, 0) is 6.18 Å². The number of halogens is 5. The van der Waals surface area contributed by atoms with Crippen LogP contribution in [-0.4, -0.2) is 4.98 Å². The van der Waals surface area contributed by atoms with Gasteiger partial charge in [-0.2, -0.15) is 13.2 Å². The van der Waals surface area contributed by atoms with Gasteiger partial charge >= 0.3 is 6.18 Å². The molecule has 0 aliphatic carbocycles. The maximum atomic E-state index is 12.9. The second-order valence-electron chi connectivity index (χ2n) is 3.67. The predicted molar refractivity (Wildman–Crippen MR) is 71.7 cm³/mol. The summed E-state index contributed by atoms with van der Waals surface area (Å²) in [6, 6.07) is 6.78. The van der Waals surface area contributed by atoms with Crippen molar-refractivity contribution in [3.63, 3.8) is 0 Å². The maximum absolute atomic E-state index is 12.9. The highest BCUT2D eigenvalue weighted by Gasteiger charge is 2.33. The summed E-state index contributed by atoms with van der Waals surface area (Å²) in [6.45, 7) is 0. The summed E-state index contributed by atoms with van der Waals surface area (Å²) >= 11 is 8.80. The molecule has 1 aromatic carbocycles. The van der Waals surface area contributed by atoms with Gasteiger partial charge in [0.15, 0.2) is 0 Å². The minimum Gasteiger partial charge on any atom is -0.340 e. The maximum Gasteiger partial charge on any atom is 0.418 e. The lowest BCUT2D eigenvalue weighted by atomic mass is 10.1. The highest BCUT2D eigenvalue weighted by molar-refractivity contribution is 9.10. The van der Waals surface area contributed by atoms with Crippen LogP contribution < -0.4 is 5.32 Å². The van der Waals surface area contributed by atoms with Gasteiger partial charge in [-0.3, -0.25) is 0 Å². The van der Waals surface area contributed by atoms with Crippen molar-refractivity contribution in [3.05, 3.63) is 51.6 Å². The number of alkyl halides is 3. The van der Waals surface area contributed by atoms with Crippen LogP contribution in [0.4, 0.5) is 24.7 Å². The molecule has 0 saturated carbocycles. The molecule has 100 valence electrons. The third-order valence-corrected chi connectivity index (χ3v) is 2.98. The van der Waals surface area contributed by atoms with Gasteiger partial charge in [0.2, 0.25) is 0 Å². The van der Waals surface area contributed by atoms with E-state index < -0.39 is 11.7 Å². The Hall–Kier alpha value is -1.27. The molecule has 19 heavy (non-hydrogen) atoms. The van der Waals surface area contributed by atoms with Crippen LogP contribution in [0.15, 0.2) is 41.0 Å². The van der Waals surface area contributed by atoms with E-state index in [9.17, 15) is 13.2 Å². The normalized spacial score (nSPS) is 11.4. The molecule has 2 aromatic rings. The Labute approximate surface area is 120 Å². The van der Waals surface area contributed by atoms with Crippen LogP contribution in [0.2, 0.25) is 5.02 Å². The average molecular weight is 352 g/mol. The van der Waals surface area contributed by atoms with Gasteiger partial charge in [-0.1, -0.05) is 11.6 Å². The first-order valence-electron chi connectivity index (χ1n) is 5.11. The van der Waals surface area contributed by atoms with Crippen LogP contribution in [0.1, 0.15) is 5.56 Å². The van der Waals surface area contributed by atoms with E-state index in [1.807, 2.05) is 0 Å². The smallest absolute Gasteiger partial charge is 0.340 e. The summed E-state index contributed by atoms with van der Waals surface area (Å²) in [5, 5.41) is 2.65. The molecule has 0 amide bonds. The summed E-state index contributed by atoms with van der Waals surface area (Å²) in [6.07, 6.45) is -2.99. The summed E-state index contributed by atoms with van der Waals surface area (Å²) in [5.41, 5.74) is -0.920. The number of benzene rings is 1. The van der Waals surface area contributed by atoms with Crippen LogP contribution >= 0.6 is 27.5 Å². The molecule has 7 heteroatoms. The quantitative estimate of drug-likeness (QED) is 0.798. The summed E-state index contributed by atoms with van der Waals surface area (Å²) < 4.78 is 39.3. The number of pyridine rings is 1. The lowest BCUT2D eigenvalue weighted by molar-refractivity contribution is -0.136. The van der Waals surface area contributed by atoms with E-state index in [4.69, 9.17) is 11.6 Å². The van der Waals surface area contributed by atoms with Gasteiger partial charge in [-0.15, -0.1) is 0 Å². The van der Waals surface area contributed by atoms with Gasteiger partial charge < -0.3 is 5.32 Å². The van der Waals surface area contributed by atoms with E-state index in [1.165, 1.54) is 18.3 Å². The first-order chi connectivity index (χ1) is 8.86. The lowest BCUT2D eigenvalue weighted by Crippen LogP contribution is -2.09. The number of anilines is 2. The zero-order valence-corrected chi connectivity index (χ0v) is 11.6. The number of rotatable bonds is 2. The Morgan fingerprint density at radius 1 is 1.16 bits per heavy atom. The molecule has 2 rings (SSSR count). The fraction of sp³-hybridized carbons (Fsp3) is 0.0833. The fourth-order valence-corrected chi connectivity index (χ4v) is 1.85. The van der Waals surface area contributed by atoms with Gasteiger partial charge in [-0.05, 0) is 46.3 Å². The molecule has 0 spiro atoms. The molecule has 0 fully saturated rings. The largest absolute Gasteiger partial charge is 0.418 e. The Morgan fingerprint density at radius 2 is 1.89 bits per heavy atom. The molecule has 0 unspecified atom stereocenters. The standard InChI is InChI=1S/C12H7BrClF3N2/c13-7-1-4-11(18-6-7)19-10-3-2-8(14)5-9(10)12(15,16)17/h1-6H,(H,18,19). The van der Waals surface area contributed by atoms with Gasteiger partial charge in [-0.25, -0.2) is 4.98 Å². The van der Waals surface area contributed by atoms with Crippen molar-refractivity contribution >= 4 is 39.0 Å². The molecule has 1 N–H and O–H groups in total. The van der Waals surface area contributed by atoms with Gasteiger partial charge in [0.05, 0.1) is 11.3 Å². The van der Waals surface area contributed by atoms with Crippen molar-refractivity contribution in [2.45, 2.75) is 6.18 Å². The van der Waals surface area contributed by atoms with Crippen LogP contribution in [0.3, 0.4) is 0 Å². The Morgan fingerprint density at radius 3 is 2.47 bits per heavy atom. The Kier molecular flexibility index (Phi) is 4.01. The SMILES string of the molecule is FC(F)(F)c1cc(Cl)ccc1Nc1ccc(Br)cn1. The third kappa shape index (κ3) is 3.61. The van der Waals surface area contributed by atoms with Crippen molar-refractivity contribution in [2.75, 3.05) is 5.32 Å². The van der Waals surface area contributed by atoms with Crippen molar-refractivity contribution < 1.29 is 13.2 Å². The number of hydrogen-bond donors (Lipinski definition) is 1. The highest BCUT2D eigenvalue weighted by Crippen LogP contribution is 2.37. The zero-order valence-electron chi connectivity index (χ0n) is 9.30. The molecule has 2 nitrogen and oxygen atoms in total. The second kappa shape index (κ2) is 5.38. The minimum absolute atomic E-state index is 0.0293. The molecule has 0 saturated heterocycles. The molecule has 0 radical (unpaired) electrons. The van der Waals surface area contributed by atoms with E-state index in [2.05, 4.69) is 26.2 Å². The Balaban J connectivity index is 2.37. The summed E-state index contributed by atoms with van der Waals surface area (Å²) in [5.74, 6) is 0.316. The molecule has 1 aromatic heterocycles. The lowest BCUT2D eigenvalue weighted by Gasteiger charge is -2.14. The first kappa shape index (κ1) is 14.1. The van der Waals surface area contributed by atoms with Gasteiger partial charge in [0.1, 0.15) is 5.82 Å². The predicted octanol–water partition coefficient (Wildman–Crippen LogP) is 5.26. The molecule has 0 aliphatic rings. The van der Waals surface area contributed by atoms with Crippen molar-refractivity contribution in [2.24, 2.45) is 0 Å². The molecule has 0 aliphatic heterocycles. The molecule has 0 atom stereocenters. The van der Waals surface area contributed by atoms with E-state index in [1.54, 1.807) is 12.1 Å². The fourth-order valence-electron chi connectivity index (χ4n) is 1.45. The van der Waals surface area contributed by atoms with E-state index in [-0.39, 0.29) is 10.7 Å². The number of aromatic nitrogens is 1.